The maximum Gasteiger partial charge on any atom is 0.416 e. The van der Waals surface area contributed by atoms with Gasteiger partial charge in [-0.1, -0.05) is 37.3 Å². The van der Waals surface area contributed by atoms with Gasteiger partial charge in [-0.15, -0.1) is 5.10 Å². The summed E-state index contributed by atoms with van der Waals surface area (Å²) in [5.41, 5.74) is -5.24. The average molecular weight is 630 g/mol. The minimum atomic E-state index is -4.79. The number of ether oxygens (including phenoxy) is 3. The molecule has 1 atom stereocenters. The summed E-state index contributed by atoms with van der Waals surface area (Å²) < 4.78 is 74.8. The van der Waals surface area contributed by atoms with E-state index in [9.17, 15) is 22.8 Å². The minimum absolute atomic E-state index is 0.00978. The fourth-order valence-corrected chi connectivity index (χ4v) is 5.20. The first-order chi connectivity index (χ1) is 19.6. The Bertz CT molecular complexity index is 1480. The molecular weight excluding hydrogens is 602 g/mol. The van der Waals surface area contributed by atoms with Crippen LogP contribution in [0.4, 0.5) is 23.2 Å². The largest absolute Gasteiger partial charge is 0.496 e. The van der Waals surface area contributed by atoms with Gasteiger partial charge in [-0.05, 0) is 46.8 Å². The summed E-state index contributed by atoms with van der Waals surface area (Å²) in [5, 5.41) is 11.2. The van der Waals surface area contributed by atoms with Gasteiger partial charge >= 0.3 is 12.1 Å². The van der Waals surface area contributed by atoms with Crippen LogP contribution in [-0.4, -0.2) is 60.6 Å². The number of carbonyl (C=O) groups is 2. The molecule has 0 fully saturated rings. The number of tetrazole rings is 1. The molecule has 0 unspecified atom stereocenters. The molecule has 2 heterocycles. The monoisotopic (exact) mass is 629 g/mol. The summed E-state index contributed by atoms with van der Waals surface area (Å²) in [5.74, 6) is -2.15. The van der Waals surface area contributed by atoms with Gasteiger partial charge in [0.25, 0.3) is 5.91 Å². The fraction of sp³-hybridized carbons (Fsp3) is 0.423. The van der Waals surface area contributed by atoms with E-state index in [2.05, 4.69) is 35.2 Å². The van der Waals surface area contributed by atoms with E-state index in [-0.39, 0.29) is 28.9 Å². The number of methoxy groups -OCH3 is 1. The molecule has 16 heteroatoms. The topological polar surface area (TPSA) is 109 Å². The van der Waals surface area contributed by atoms with Crippen molar-refractivity contribution in [3.8, 4) is 5.75 Å². The second-order valence-electron chi connectivity index (χ2n) is 10.7. The van der Waals surface area contributed by atoms with E-state index in [0.29, 0.717) is 23.6 Å². The number of benzene rings is 2. The van der Waals surface area contributed by atoms with E-state index in [0.717, 1.165) is 18.2 Å². The molecule has 0 spiro atoms. The highest BCUT2D eigenvalue weighted by atomic mass is 35.5. The number of esters is 1. The third-order valence-electron chi connectivity index (χ3n) is 6.53. The van der Waals surface area contributed by atoms with Gasteiger partial charge in [0.1, 0.15) is 18.9 Å². The highest BCUT2D eigenvalue weighted by Gasteiger charge is 2.55. The summed E-state index contributed by atoms with van der Waals surface area (Å²) in [6.07, 6.45) is -5.23. The molecule has 0 saturated heterocycles. The lowest BCUT2D eigenvalue weighted by Crippen LogP contribution is -2.40. The zero-order chi connectivity index (χ0) is 30.9. The first kappa shape index (κ1) is 31.4. The Morgan fingerprint density at radius 3 is 2.50 bits per heavy atom. The van der Waals surface area contributed by atoms with Gasteiger partial charge < -0.3 is 14.2 Å². The van der Waals surface area contributed by atoms with E-state index in [1.165, 1.54) is 23.9 Å². The van der Waals surface area contributed by atoms with Crippen LogP contribution in [0.2, 0.25) is 30.7 Å². The molecule has 10 nitrogen and oxygen atoms in total. The third kappa shape index (κ3) is 6.57. The van der Waals surface area contributed by atoms with E-state index < -0.39 is 61.8 Å². The van der Waals surface area contributed by atoms with Crippen molar-refractivity contribution < 1.29 is 41.4 Å². The third-order valence-corrected chi connectivity index (χ3v) is 8.47. The van der Waals surface area contributed by atoms with Gasteiger partial charge in [-0.3, -0.25) is 14.5 Å². The van der Waals surface area contributed by atoms with Crippen molar-refractivity contribution in [3.05, 3.63) is 63.9 Å². The van der Waals surface area contributed by atoms with Crippen molar-refractivity contribution in [2.24, 2.45) is 0 Å². The lowest BCUT2D eigenvalue weighted by molar-refractivity contribution is -0.144. The predicted molar refractivity (Wildman–Crippen MR) is 145 cm³/mol. The smallest absolute Gasteiger partial charge is 0.416 e. The number of rotatable bonds is 11. The number of hydrogen-bond acceptors (Lipinski definition) is 8. The number of halogens is 5. The average Bonchev–Trinajstić information content (AvgIpc) is 3.44. The summed E-state index contributed by atoms with van der Waals surface area (Å²) >= 11 is 6.06. The van der Waals surface area contributed by atoms with Crippen molar-refractivity contribution >= 4 is 37.2 Å². The number of anilines is 1. The fourth-order valence-electron chi connectivity index (χ4n) is 4.27. The number of fused-ring (bicyclic) bond motifs is 1. The summed E-state index contributed by atoms with van der Waals surface area (Å²) in [6.45, 7) is 6.18. The quantitative estimate of drug-likeness (QED) is 0.127. The molecule has 3 aromatic rings. The first-order valence-electron chi connectivity index (χ1n) is 12.7. The summed E-state index contributed by atoms with van der Waals surface area (Å²) in [4.78, 5) is 26.9. The number of aromatic nitrogens is 4. The van der Waals surface area contributed by atoms with Gasteiger partial charge in [-0.25, -0.2) is 9.07 Å². The normalized spacial score (nSPS) is 17.0. The number of alkyl halides is 4. The van der Waals surface area contributed by atoms with Crippen LogP contribution in [0.15, 0.2) is 36.4 Å². The van der Waals surface area contributed by atoms with Gasteiger partial charge in [0, 0.05) is 30.8 Å². The van der Waals surface area contributed by atoms with E-state index in [4.69, 9.17) is 25.8 Å². The van der Waals surface area contributed by atoms with Crippen LogP contribution < -0.4 is 9.64 Å². The Morgan fingerprint density at radius 2 is 1.83 bits per heavy atom. The SMILES string of the molecule is COc1ccc(Cl)cc1[C@]1(F)C(=O)N(COC(=O)Cc2nnnn2COCC[Si](C)(C)C)c2cc(C(F)(F)F)ccc21. The zero-order valence-electron chi connectivity index (χ0n) is 23.2. The van der Waals surface area contributed by atoms with E-state index in [1.807, 2.05) is 0 Å². The van der Waals surface area contributed by atoms with Crippen molar-refractivity contribution in [3.63, 3.8) is 0 Å². The van der Waals surface area contributed by atoms with E-state index in [1.54, 1.807) is 0 Å². The second kappa shape index (κ2) is 12.0. The van der Waals surface area contributed by atoms with Gasteiger partial charge in [-0.2, -0.15) is 13.2 Å². The maximum absolute atomic E-state index is 16.8. The standard InChI is InChI=1S/C26H28ClF4N5O5Si/c1-39-21-8-6-17(27)12-19(21)25(28)18-7-5-16(26(29,30)31)11-20(18)35(24(25)38)14-41-23(37)13-22-32-33-34-36(22)15-40-9-10-42(2,3)4/h5-8,11-12H,9-10,13-15H2,1-4H3/t25-/m0/s1. The highest BCUT2D eigenvalue weighted by molar-refractivity contribution is 6.76. The molecule has 1 aliphatic heterocycles. The summed E-state index contributed by atoms with van der Waals surface area (Å²) in [6, 6.07) is 6.96. The minimum Gasteiger partial charge on any atom is -0.496 e. The van der Waals surface area contributed by atoms with Crippen LogP contribution in [0.25, 0.3) is 0 Å². The van der Waals surface area contributed by atoms with Crippen LogP contribution in [-0.2, 0) is 44.1 Å². The molecule has 0 aliphatic carbocycles. The zero-order valence-corrected chi connectivity index (χ0v) is 24.9. The van der Waals surface area contributed by atoms with E-state index >= 15 is 4.39 Å². The van der Waals surface area contributed by atoms with Crippen molar-refractivity contribution in [1.29, 1.82) is 0 Å². The molecule has 0 N–H and O–H groups in total. The molecule has 0 saturated carbocycles. The Labute approximate surface area is 244 Å². The van der Waals surface area contributed by atoms with Gasteiger partial charge in [0.2, 0.25) is 5.67 Å². The Kier molecular flexibility index (Phi) is 8.94. The highest BCUT2D eigenvalue weighted by Crippen LogP contribution is 2.51. The molecule has 1 aromatic heterocycles. The van der Waals surface area contributed by atoms with Crippen LogP contribution in [0.1, 0.15) is 22.5 Å². The van der Waals surface area contributed by atoms with Gasteiger partial charge in [0.15, 0.2) is 12.6 Å². The Balaban J connectivity index is 1.56. The lowest BCUT2D eigenvalue weighted by Gasteiger charge is -2.23. The molecule has 0 radical (unpaired) electrons. The summed E-state index contributed by atoms with van der Waals surface area (Å²) in [7, 11) is -0.0793. The van der Waals surface area contributed by atoms with Crippen LogP contribution in [0, 0.1) is 0 Å². The van der Waals surface area contributed by atoms with Crippen molar-refractivity contribution in [2.45, 2.75) is 50.7 Å². The second-order valence-corrected chi connectivity index (χ2v) is 16.8. The lowest BCUT2D eigenvalue weighted by atomic mass is 9.88. The molecule has 42 heavy (non-hydrogen) atoms. The van der Waals surface area contributed by atoms with Crippen molar-refractivity contribution in [2.75, 3.05) is 25.3 Å². The number of nitrogens with zero attached hydrogens (tertiary/aromatic N) is 5. The van der Waals surface area contributed by atoms with Crippen molar-refractivity contribution in [1.82, 2.24) is 20.2 Å². The predicted octanol–water partition coefficient (Wildman–Crippen LogP) is 4.97. The first-order valence-corrected chi connectivity index (χ1v) is 16.8. The van der Waals surface area contributed by atoms with Gasteiger partial charge in [0.05, 0.1) is 18.4 Å². The molecule has 226 valence electrons. The molecular formula is C26H28ClF4N5O5Si. The molecule has 0 bridgehead atoms. The Hall–Kier alpha value is -3.56. The van der Waals surface area contributed by atoms with Crippen LogP contribution in [0.3, 0.4) is 0 Å². The molecule has 1 aliphatic rings. The molecule has 2 aromatic carbocycles. The Morgan fingerprint density at radius 1 is 1.10 bits per heavy atom. The number of amides is 1. The van der Waals surface area contributed by atoms with Crippen LogP contribution >= 0.6 is 11.6 Å². The number of hydrogen-bond donors (Lipinski definition) is 0. The molecule has 1 amide bonds. The maximum atomic E-state index is 16.8. The number of carbonyl (C=O) groups excluding carboxylic acids is 2. The van der Waals surface area contributed by atoms with Crippen LogP contribution in [0.5, 0.6) is 5.75 Å². The molecule has 4 rings (SSSR count).